The maximum atomic E-state index is 11.8. The average molecular weight is 425 g/mol. The van der Waals surface area contributed by atoms with Gasteiger partial charge in [0.05, 0.1) is 25.2 Å². The molecule has 1 aromatic heterocycles. The van der Waals surface area contributed by atoms with Crippen molar-refractivity contribution in [3.05, 3.63) is 72.3 Å². The molecule has 0 saturated heterocycles. The van der Waals surface area contributed by atoms with Crippen LogP contribution in [0.25, 0.3) is 21.8 Å². The van der Waals surface area contributed by atoms with Crippen molar-refractivity contribution in [3.63, 3.8) is 0 Å². The van der Waals surface area contributed by atoms with Crippen LogP contribution in [0.3, 0.4) is 0 Å². The number of hydrogen-bond acceptors (Lipinski definition) is 4. The summed E-state index contributed by atoms with van der Waals surface area (Å²) in [6.07, 6.45) is 0.591. The molecular formula is C23H24N2O4S. The van der Waals surface area contributed by atoms with Crippen molar-refractivity contribution in [2.24, 2.45) is 0 Å². The second-order valence-corrected chi connectivity index (χ2v) is 9.11. The number of sulfonamides is 1. The summed E-state index contributed by atoms with van der Waals surface area (Å²) >= 11 is 0. The molecule has 0 amide bonds. The van der Waals surface area contributed by atoms with Crippen LogP contribution in [0.15, 0.2) is 66.7 Å². The van der Waals surface area contributed by atoms with Crippen LogP contribution in [-0.4, -0.2) is 37.6 Å². The summed E-state index contributed by atoms with van der Waals surface area (Å²) in [4.78, 5) is 0. The van der Waals surface area contributed by atoms with Crippen molar-refractivity contribution in [2.75, 3.05) is 18.1 Å². The normalized spacial score (nSPS) is 12.9. The lowest BCUT2D eigenvalue weighted by Gasteiger charge is -2.19. The van der Waals surface area contributed by atoms with Crippen molar-refractivity contribution in [3.8, 4) is 5.75 Å². The van der Waals surface area contributed by atoms with Crippen LogP contribution >= 0.6 is 0 Å². The third-order valence-electron chi connectivity index (χ3n) is 5.16. The summed E-state index contributed by atoms with van der Waals surface area (Å²) in [7, 11) is -1.93. The van der Waals surface area contributed by atoms with Gasteiger partial charge in [0.15, 0.2) is 0 Å². The van der Waals surface area contributed by atoms with E-state index in [1.165, 1.54) is 7.11 Å². The molecule has 0 aliphatic carbocycles. The molecule has 0 aliphatic rings. The summed E-state index contributed by atoms with van der Waals surface area (Å²) < 4.78 is 33.6. The molecule has 156 valence electrons. The van der Waals surface area contributed by atoms with Crippen LogP contribution in [0.4, 0.5) is 5.69 Å². The SMILES string of the molecule is COc1cccc(NS(C)(=O)=O)c1CC(O)Cn1c2ccccc2c2ccccc21. The zero-order valence-electron chi connectivity index (χ0n) is 16.9. The molecule has 1 atom stereocenters. The molecule has 4 rings (SSSR count). The van der Waals surface area contributed by atoms with Gasteiger partial charge >= 0.3 is 0 Å². The summed E-state index contributed by atoms with van der Waals surface area (Å²) in [5.41, 5.74) is 3.14. The van der Waals surface area contributed by atoms with Crippen LogP contribution < -0.4 is 9.46 Å². The van der Waals surface area contributed by atoms with E-state index in [0.717, 1.165) is 28.1 Å². The van der Waals surface area contributed by atoms with Crippen LogP contribution in [0.2, 0.25) is 0 Å². The first-order valence-corrected chi connectivity index (χ1v) is 11.5. The molecule has 0 aliphatic heterocycles. The van der Waals surface area contributed by atoms with Gasteiger partial charge < -0.3 is 14.4 Å². The standard InChI is InChI=1S/C23H24N2O4S/c1-29-23-13-7-10-20(24-30(2,27)28)19(23)14-16(26)15-25-21-11-5-3-8-17(21)18-9-4-6-12-22(18)25/h3-13,16,24,26H,14-15H2,1-2H3. The molecule has 1 heterocycles. The van der Waals surface area contributed by atoms with E-state index in [0.29, 0.717) is 23.5 Å². The highest BCUT2D eigenvalue weighted by Crippen LogP contribution is 2.31. The van der Waals surface area contributed by atoms with Crippen molar-refractivity contribution in [1.29, 1.82) is 0 Å². The van der Waals surface area contributed by atoms with Crippen LogP contribution in [-0.2, 0) is 23.0 Å². The van der Waals surface area contributed by atoms with Crippen LogP contribution in [0.5, 0.6) is 5.75 Å². The Morgan fingerprint density at radius 1 is 0.967 bits per heavy atom. The Bertz CT molecular complexity index is 1260. The van der Waals surface area contributed by atoms with Gasteiger partial charge in [-0.25, -0.2) is 8.42 Å². The minimum absolute atomic E-state index is 0.239. The highest BCUT2D eigenvalue weighted by molar-refractivity contribution is 7.92. The van der Waals surface area contributed by atoms with E-state index in [1.807, 2.05) is 36.4 Å². The van der Waals surface area contributed by atoms with Crippen LogP contribution in [0, 0.1) is 0 Å². The number of para-hydroxylation sites is 2. The molecular weight excluding hydrogens is 400 g/mol. The molecule has 3 aromatic carbocycles. The summed E-state index contributed by atoms with van der Waals surface area (Å²) in [6, 6.07) is 21.4. The van der Waals surface area contributed by atoms with E-state index in [9.17, 15) is 13.5 Å². The third-order valence-corrected chi connectivity index (χ3v) is 5.75. The minimum atomic E-state index is -3.46. The van der Waals surface area contributed by atoms with E-state index < -0.39 is 16.1 Å². The average Bonchev–Trinajstić information content (AvgIpc) is 3.02. The van der Waals surface area contributed by atoms with E-state index >= 15 is 0 Å². The first-order valence-electron chi connectivity index (χ1n) is 9.65. The number of fused-ring (bicyclic) bond motifs is 3. The molecule has 6 nitrogen and oxygen atoms in total. The first kappa shape index (κ1) is 20.3. The Balaban J connectivity index is 1.70. The Hall–Kier alpha value is -3.03. The number of rotatable bonds is 7. The summed E-state index contributed by atoms with van der Waals surface area (Å²) in [5, 5.41) is 13.3. The fourth-order valence-electron chi connectivity index (χ4n) is 3.97. The maximum Gasteiger partial charge on any atom is 0.229 e. The quantitative estimate of drug-likeness (QED) is 0.473. The number of aliphatic hydroxyl groups is 1. The zero-order chi connectivity index (χ0) is 21.3. The Labute approximate surface area is 175 Å². The van der Waals surface area contributed by atoms with Crippen molar-refractivity contribution >= 4 is 37.5 Å². The van der Waals surface area contributed by atoms with E-state index in [1.54, 1.807) is 18.2 Å². The van der Waals surface area contributed by atoms with Gasteiger partial charge in [-0.3, -0.25) is 4.72 Å². The lowest BCUT2D eigenvalue weighted by Crippen LogP contribution is -2.20. The second kappa shape index (κ2) is 8.01. The third kappa shape index (κ3) is 3.99. The number of ether oxygens (including phenoxy) is 1. The highest BCUT2D eigenvalue weighted by atomic mass is 32.2. The van der Waals surface area contributed by atoms with E-state index in [4.69, 9.17) is 4.74 Å². The molecule has 0 bridgehead atoms. The van der Waals surface area contributed by atoms with Crippen LogP contribution in [0.1, 0.15) is 5.56 Å². The summed E-state index contributed by atoms with van der Waals surface area (Å²) in [6.45, 7) is 0.365. The van der Waals surface area contributed by atoms with Gasteiger partial charge in [0, 0.05) is 40.3 Å². The number of methoxy groups -OCH3 is 1. The predicted molar refractivity (Wildman–Crippen MR) is 121 cm³/mol. The number of anilines is 1. The molecule has 0 radical (unpaired) electrons. The number of aromatic nitrogens is 1. The van der Waals surface area contributed by atoms with Crippen molar-refractivity contribution in [1.82, 2.24) is 4.57 Å². The monoisotopic (exact) mass is 424 g/mol. The topological polar surface area (TPSA) is 80.6 Å². The fraction of sp³-hybridized carbons (Fsp3) is 0.217. The van der Waals surface area contributed by atoms with Gasteiger partial charge in [-0.1, -0.05) is 42.5 Å². The Morgan fingerprint density at radius 3 is 2.13 bits per heavy atom. The lowest BCUT2D eigenvalue weighted by molar-refractivity contribution is 0.156. The largest absolute Gasteiger partial charge is 0.496 e. The van der Waals surface area contributed by atoms with Gasteiger partial charge in [-0.05, 0) is 24.3 Å². The van der Waals surface area contributed by atoms with Gasteiger partial charge in [0.1, 0.15) is 5.75 Å². The number of aliphatic hydroxyl groups excluding tert-OH is 1. The molecule has 4 aromatic rings. The zero-order valence-corrected chi connectivity index (χ0v) is 17.7. The second-order valence-electron chi connectivity index (χ2n) is 7.36. The van der Waals surface area contributed by atoms with Gasteiger partial charge in [0.25, 0.3) is 0 Å². The van der Waals surface area contributed by atoms with Crippen molar-refractivity contribution in [2.45, 2.75) is 19.1 Å². The molecule has 0 spiro atoms. The predicted octanol–water partition coefficient (Wildman–Crippen LogP) is 3.78. The van der Waals surface area contributed by atoms with Crippen molar-refractivity contribution < 1.29 is 18.3 Å². The Kier molecular flexibility index (Phi) is 5.40. The lowest BCUT2D eigenvalue weighted by atomic mass is 10.0. The van der Waals surface area contributed by atoms with E-state index in [-0.39, 0.29) is 6.42 Å². The summed E-state index contributed by atoms with van der Waals surface area (Å²) in [5.74, 6) is 0.532. The Morgan fingerprint density at radius 2 is 1.57 bits per heavy atom. The van der Waals surface area contributed by atoms with Gasteiger partial charge in [-0.2, -0.15) is 0 Å². The number of benzene rings is 3. The molecule has 0 saturated carbocycles. The van der Waals surface area contributed by atoms with Gasteiger partial charge in [-0.15, -0.1) is 0 Å². The molecule has 7 heteroatoms. The smallest absolute Gasteiger partial charge is 0.229 e. The first-order chi connectivity index (χ1) is 14.4. The molecule has 0 fully saturated rings. The molecule has 1 unspecified atom stereocenters. The molecule has 30 heavy (non-hydrogen) atoms. The number of nitrogens with zero attached hydrogens (tertiary/aromatic N) is 1. The minimum Gasteiger partial charge on any atom is -0.496 e. The maximum absolute atomic E-state index is 11.8. The molecule has 2 N–H and O–H groups in total. The number of nitrogens with one attached hydrogen (secondary N) is 1. The number of hydrogen-bond donors (Lipinski definition) is 2. The van der Waals surface area contributed by atoms with E-state index in [2.05, 4.69) is 21.4 Å². The van der Waals surface area contributed by atoms with Gasteiger partial charge in [0.2, 0.25) is 10.0 Å². The fourth-order valence-corrected chi connectivity index (χ4v) is 4.56. The highest BCUT2D eigenvalue weighted by Gasteiger charge is 2.18.